The zero-order chi connectivity index (χ0) is 14.3. The Bertz CT molecular complexity index is 580. The number of nitrogens with two attached hydrogens (primary N) is 1. The van der Waals surface area contributed by atoms with E-state index in [0.717, 1.165) is 19.4 Å². The van der Waals surface area contributed by atoms with Crippen molar-refractivity contribution >= 4 is 0 Å². The number of nitrogens with zero attached hydrogens (tertiary/aromatic N) is 3. The lowest BCUT2D eigenvalue weighted by molar-refractivity contribution is 0.270. The summed E-state index contributed by atoms with van der Waals surface area (Å²) in [6.45, 7) is 7.76. The van der Waals surface area contributed by atoms with Crippen molar-refractivity contribution in [1.82, 2.24) is 14.3 Å². The van der Waals surface area contributed by atoms with Gasteiger partial charge in [-0.2, -0.15) is 5.10 Å². The summed E-state index contributed by atoms with van der Waals surface area (Å²) in [6, 6.07) is 4.73. The van der Waals surface area contributed by atoms with Crippen LogP contribution in [0.2, 0.25) is 0 Å². The summed E-state index contributed by atoms with van der Waals surface area (Å²) in [5.74, 6) is 0. The van der Waals surface area contributed by atoms with E-state index in [1.807, 2.05) is 23.1 Å². The highest BCUT2D eigenvalue weighted by Gasteiger charge is 2.33. The molecule has 2 N–H and O–H groups in total. The smallest absolute Gasteiger partial charge is 0.0614 e. The molecule has 0 saturated carbocycles. The van der Waals surface area contributed by atoms with Gasteiger partial charge in [0.05, 0.1) is 12.6 Å². The third kappa shape index (κ3) is 2.40. The topological polar surface area (TPSA) is 48.8 Å². The molecular formula is C16H24N4. The minimum Gasteiger partial charge on any atom is -0.346 e. The van der Waals surface area contributed by atoms with Crippen LogP contribution in [-0.2, 0) is 13.0 Å². The molecule has 0 fully saturated rings. The van der Waals surface area contributed by atoms with E-state index in [1.165, 1.54) is 11.3 Å². The first-order valence-corrected chi connectivity index (χ1v) is 7.39. The minimum absolute atomic E-state index is 0.173. The summed E-state index contributed by atoms with van der Waals surface area (Å²) in [5.41, 5.74) is 9.37. The van der Waals surface area contributed by atoms with Crippen molar-refractivity contribution in [3.05, 3.63) is 42.0 Å². The molecule has 0 aromatic carbocycles. The zero-order valence-electron chi connectivity index (χ0n) is 12.6. The van der Waals surface area contributed by atoms with Gasteiger partial charge in [-0.3, -0.25) is 4.68 Å². The monoisotopic (exact) mass is 272 g/mol. The molecule has 1 aliphatic rings. The zero-order valence-corrected chi connectivity index (χ0v) is 12.6. The quantitative estimate of drug-likeness (QED) is 0.934. The van der Waals surface area contributed by atoms with E-state index in [9.17, 15) is 0 Å². The van der Waals surface area contributed by atoms with Gasteiger partial charge in [0.1, 0.15) is 0 Å². The lowest BCUT2D eigenvalue weighted by Crippen LogP contribution is -2.31. The van der Waals surface area contributed by atoms with Crippen molar-refractivity contribution in [1.29, 1.82) is 0 Å². The average molecular weight is 272 g/mol. The first kappa shape index (κ1) is 13.4. The summed E-state index contributed by atoms with van der Waals surface area (Å²) in [4.78, 5) is 0. The Morgan fingerprint density at radius 1 is 1.45 bits per heavy atom. The maximum Gasteiger partial charge on any atom is 0.0614 e. The van der Waals surface area contributed by atoms with E-state index in [0.29, 0.717) is 6.04 Å². The Morgan fingerprint density at radius 2 is 2.25 bits per heavy atom. The molecule has 4 nitrogen and oxygen atoms in total. The maximum absolute atomic E-state index is 6.34. The molecular weight excluding hydrogens is 248 g/mol. The molecule has 20 heavy (non-hydrogen) atoms. The summed E-state index contributed by atoms with van der Waals surface area (Å²) in [6.07, 6.45) is 8.21. The molecule has 2 unspecified atom stereocenters. The van der Waals surface area contributed by atoms with E-state index >= 15 is 0 Å². The van der Waals surface area contributed by atoms with Crippen molar-refractivity contribution in [3.63, 3.8) is 0 Å². The Balaban J connectivity index is 1.88. The second kappa shape index (κ2) is 4.77. The predicted molar refractivity (Wildman–Crippen MR) is 80.4 cm³/mol. The second-order valence-corrected chi connectivity index (χ2v) is 6.85. The average Bonchev–Trinajstić information content (AvgIpc) is 2.96. The first-order valence-electron chi connectivity index (χ1n) is 7.39. The Kier molecular flexibility index (Phi) is 3.21. The van der Waals surface area contributed by atoms with Crippen LogP contribution >= 0.6 is 0 Å². The fraction of sp³-hybridized carbons (Fsp3) is 0.562. The standard InChI is InChI=1S/C16H24N4/c1-12(11-19-7-4-6-18-19)20-8-5-13-14(17)9-16(2,3)10-15(13)20/h4-8,12,14H,9-11,17H2,1-3H3. The van der Waals surface area contributed by atoms with Crippen LogP contribution in [0.3, 0.4) is 0 Å². The molecule has 0 bridgehead atoms. The molecule has 0 amide bonds. The largest absolute Gasteiger partial charge is 0.346 e. The Hall–Kier alpha value is -1.55. The highest BCUT2D eigenvalue weighted by Crippen LogP contribution is 2.40. The van der Waals surface area contributed by atoms with Crippen LogP contribution in [0.1, 0.15) is 50.5 Å². The van der Waals surface area contributed by atoms with E-state index < -0.39 is 0 Å². The van der Waals surface area contributed by atoms with Crippen molar-refractivity contribution in [2.24, 2.45) is 11.1 Å². The molecule has 0 spiro atoms. The lowest BCUT2D eigenvalue weighted by atomic mass is 9.74. The highest BCUT2D eigenvalue weighted by atomic mass is 15.3. The predicted octanol–water partition coefficient (Wildman–Crippen LogP) is 2.92. The molecule has 0 aliphatic heterocycles. The van der Waals surface area contributed by atoms with Crippen molar-refractivity contribution in [2.75, 3.05) is 0 Å². The molecule has 108 valence electrons. The molecule has 0 saturated heterocycles. The molecule has 3 rings (SSSR count). The second-order valence-electron chi connectivity index (χ2n) is 6.85. The van der Waals surface area contributed by atoms with Gasteiger partial charge in [-0.25, -0.2) is 0 Å². The lowest BCUT2D eigenvalue weighted by Gasteiger charge is -2.35. The summed E-state index contributed by atoms with van der Waals surface area (Å²) < 4.78 is 4.38. The molecule has 1 aliphatic carbocycles. The highest BCUT2D eigenvalue weighted by molar-refractivity contribution is 5.30. The number of rotatable bonds is 3. The van der Waals surface area contributed by atoms with Gasteiger partial charge in [-0.1, -0.05) is 13.8 Å². The maximum atomic E-state index is 6.34. The molecule has 2 aromatic rings. The van der Waals surface area contributed by atoms with Crippen LogP contribution in [0, 0.1) is 5.41 Å². The van der Waals surface area contributed by atoms with Gasteiger partial charge in [0.15, 0.2) is 0 Å². The molecule has 4 heteroatoms. The van der Waals surface area contributed by atoms with Crippen molar-refractivity contribution in [2.45, 2.75) is 52.2 Å². The summed E-state index contributed by atoms with van der Waals surface area (Å²) in [5, 5.41) is 4.30. The van der Waals surface area contributed by atoms with Gasteiger partial charge in [-0.05, 0) is 42.9 Å². The fourth-order valence-electron chi connectivity index (χ4n) is 3.44. The first-order chi connectivity index (χ1) is 9.46. The van der Waals surface area contributed by atoms with Gasteiger partial charge in [-0.15, -0.1) is 0 Å². The molecule has 2 heterocycles. The molecule has 0 radical (unpaired) electrons. The fourth-order valence-corrected chi connectivity index (χ4v) is 3.44. The van der Waals surface area contributed by atoms with E-state index in [4.69, 9.17) is 5.73 Å². The van der Waals surface area contributed by atoms with Gasteiger partial charge in [0, 0.05) is 30.3 Å². The van der Waals surface area contributed by atoms with Crippen LogP contribution in [0.4, 0.5) is 0 Å². The number of aromatic nitrogens is 3. The minimum atomic E-state index is 0.173. The van der Waals surface area contributed by atoms with Crippen LogP contribution in [0.25, 0.3) is 0 Å². The van der Waals surface area contributed by atoms with Crippen LogP contribution in [0.5, 0.6) is 0 Å². The van der Waals surface area contributed by atoms with E-state index in [-0.39, 0.29) is 11.5 Å². The van der Waals surface area contributed by atoms with Crippen LogP contribution in [0.15, 0.2) is 30.7 Å². The third-order valence-electron chi connectivity index (χ3n) is 4.36. The van der Waals surface area contributed by atoms with Crippen LogP contribution < -0.4 is 5.73 Å². The van der Waals surface area contributed by atoms with Crippen LogP contribution in [-0.4, -0.2) is 14.3 Å². The molecule has 2 atom stereocenters. The van der Waals surface area contributed by atoms with Crippen molar-refractivity contribution < 1.29 is 0 Å². The van der Waals surface area contributed by atoms with Crippen molar-refractivity contribution in [3.8, 4) is 0 Å². The van der Waals surface area contributed by atoms with Gasteiger partial charge in [0.2, 0.25) is 0 Å². The molecule has 2 aromatic heterocycles. The van der Waals surface area contributed by atoms with E-state index in [1.54, 1.807) is 0 Å². The summed E-state index contributed by atoms with van der Waals surface area (Å²) >= 11 is 0. The Morgan fingerprint density at radius 3 is 2.95 bits per heavy atom. The summed E-state index contributed by atoms with van der Waals surface area (Å²) in [7, 11) is 0. The van der Waals surface area contributed by atoms with Gasteiger partial charge in [0.25, 0.3) is 0 Å². The van der Waals surface area contributed by atoms with E-state index in [2.05, 4.69) is 42.7 Å². The van der Waals surface area contributed by atoms with Gasteiger partial charge < -0.3 is 10.3 Å². The normalized spacial score (nSPS) is 22.5. The SMILES string of the molecule is CC(Cn1cccn1)n1ccc2c1CC(C)(C)CC2N. The third-order valence-corrected chi connectivity index (χ3v) is 4.36. The number of hydrogen-bond donors (Lipinski definition) is 1. The number of hydrogen-bond acceptors (Lipinski definition) is 2. The number of fused-ring (bicyclic) bond motifs is 1. The van der Waals surface area contributed by atoms with Gasteiger partial charge >= 0.3 is 0 Å². The Labute approximate surface area is 120 Å².